The van der Waals surface area contributed by atoms with E-state index in [1.165, 1.54) is 22.9 Å². The second-order valence-electron chi connectivity index (χ2n) is 6.74. The van der Waals surface area contributed by atoms with Crippen molar-refractivity contribution in [2.24, 2.45) is 0 Å². The average molecular weight is 538 g/mol. The predicted octanol–water partition coefficient (Wildman–Crippen LogP) is 6.35. The van der Waals surface area contributed by atoms with E-state index in [1.54, 1.807) is 30.0 Å². The van der Waals surface area contributed by atoms with E-state index in [0.717, 1.165) is 21.8 Å². The van der Waals surface area contributed by atoms with Crippen LogP contribution >= 0.6 is 51.1 Å². The minimum absolute atomic E-state index is 0.133. The molecule has 1 heterocycles. The first-order chi connectivity index (χ1) is 15.0. The molecule has 9 heteroatoms. The number of amides is 1. The molecule has 162 valence electrons. The summed E-state index contributed by atoms with van der Waals surface area (Å²) >= 11 is 12.6. The first-order valence-corrected chi connectivity index (χ1v) is 12.8. The Bertz CT molecular complexity index is 1060. The van der Waals surface area contributed by atoms with Crippen LogP contribution in [0.2, 0.25) is 5.02 Å². The summed E-state index contributed by atoms with van der Waals surface area (Å²) in [4.78, 5) is 12.3. The van der Waals surface area contributed by atoms with Gasteiger partial charge in [-0.05, 0) is 46.6 Å². The molecule has 0 atom stereocenters. The molecule has 1 aromatic heterocycles. The Labute approximate surface area is 204 Å². The van der Waals surface area contributed by atoms with Gasteiger partial charge in [-0.3, -0.25) is 4.79 Å². The summed E-state index contributed by atoms with van der Waals surface area (Å²) < 4.78 is 2.79. The van der Waals surface area contributed by atoms with Crippen molar-refractivity contribution in [3.05, 3.63) is 81.6 Å². The summed E-state index contributed by atoms with van der Waals surface area (Å²) in [5.41, 5.74) is 3.19. The second-order valence-corrected chi connectivity index (χ2v) is 9.93. The number of anilines is 1. The highest BCUT2D eigenvalue weighted by Crippen LogP contribution is 2.26. The monoisotopic (exact) mass is 536 g/mol. The number of halogens is 2. The van der Waals surface area contributed by atoms with Crippen molar-refractivity contribution in [1.82, 2.24) is 14.8 Å². The van der Waals surface area contributed by atoms with Gasteiger partial charge in [0.1, 0.15) is 5.82 Å². The van der Waals surface area contributed by atoms with Crippen LogP contribution < -0.4 is 5.32 Å². The molecule has 31 heavy (non-hydrogen) atoms. The van der Waals surface area contributed by atoms with Gasteiger partial charge < -0.3 is 9.88 Å². The highest BCUT2D eigenvalue weighted by atomic mass is 79.9. The zero-order valence-electron chi connectivity index (χ0n) is 17.0. The van der Waals surface area contributed by atoms with Crippen LogP contribution in [0.4, 0.5) is 5.69 Å². The fraction of sp³-hybridized carbons (Fsp3) is 0.227. The third-order valence-electron chi connectivity index (χ3n) is 4.26. The van der Waals surface area contributed by atoms with Gasteiger partial charge in [0.05, 0.1) is 16.5 Å². The normalized spacial score (nSPS) is 10.8. The van der Waals surface area contributed by atoms with Gasteiger partial charge in [-0.25, -0.2) is 0 Å². The molecule has 0 spiro atoms. The van der Waals surface area contributed by atoms with Crippen LogP contribution in [-0.4, -0.2) is 26.4 Å². The van der Waals surface area contributed by atoms with Crippen LogP contribution in [-0.2, 0) is 22.8 Å². The maximum absolute atomic E-state index is 12.3. The number of allylic oxidation sites excluding steroid dienone is 1. The van der Waals surface area contributed by atoms with Crippen LogP contribution in [0.1, 0.15) is 17.0 Å². The molecule has 3 aromatic rings. The van der Waals surface area contributed by atoms with Crippen molar-refractivity contribution < 1.29 is 4.79 Å². The van der Waals surface area contributed by atoms with E-state index < -0.39 is 0 Å². The number of nitrogens with zero attached hydrogens (tertiary/aromatic N) is 3. The van der Waals surface area contributed by atoms with E-state index in [1.807, 2.05) is 10.6 Å². The van der Waals surface area contributed by atoms with Gasteiger partial charge in [0.2, 0.25) is 5.91 Å². The molecule has 5 nitrogen and oxygen atoms in total. The molecule has 0 fully saturated rings. The molecule has 2 aromatic carbocycles. The summed E-state index contributed by atoms with van der Waals surface area (Å²) in [7, 11) is 0. The zero-order valence-corrected chi connectivity index (χ0v) is 21.0. The minimum Gasteiger partial charge on any atom is -0.325 e. The van der Waals surface area contributed by atoms with Crippen molar-refractivity contribution in [2.45, 2.75) is 30.1 Å². The van der Waals surface area contributed by atoms with E-state index >= 15 is 0 Å². The molecule has 0 radical (unpaired) electrons. The third kappa shape index (κ3) is 7.14. The zero-order chi connectivity index (χ0) is 22.2. The highest BCUT2D eigenvalue weighted by Gasteiger charge is 2.14. The number of aryl methyl sites for hydroxylation is 1. The molecule has 0 saturated carbocycles. The van der Waals surface area contributed by atoms with Crippen molar-refractivity contribution >= 4 is 62.6 Å². The van der Waals surface area contributed by atoms with Crippen LogP contribution in [0.5, 0.6) is 0 Å². The molecule has 0 aliphatic rings. The van der Waals surface area contributed by atoms with E-state index in [2.05, 4.69) is 69.2 Å². The Morgan fingerprint density at radius 3 is 2.71 bits per heavy atom. The number of hydrogen-bond acceptors (Lipinski definition) is 5. The molecule has 0 aliphatic carbocycles. The van der Waals surface area contributed by atoms with Crippen LogP contribution in [0, 0.1) is 6.92 Å². The third-order valence-corrected chi connectivity index (χ3v) is 7.46. The maximum Gasteiger partial charge on any atom is 0.234 e. The van der Waals surface area contributed by atoms with Crippen molar-refractivity contribution in [3.8, 4) is 0 Å². The first kappa shape index (κ1) is 23.9. The van der Waals surface area contributed by atoms with E-state index in [4.69, 9.17) is 11.6 Å². The predicted molar refractivity (Wildman–Crippen MR) is 135 cm³/mol. The Morgan fingerprint density at radius 1 is 1.23 bits per heavy atom. The number of carbonyl (C=O) groups is 1. The topological polar surface area (TPSA) is 59.8 Å². The van der Waals surface area contributed by atoms with Crippen LogP contribution in [0.3, 0.4) is 0 Å². The number of benzene rings is 2. The van der Waals surface area contributed by atoms with Gasteiger partial charge in [0.25, 0.3) is 0 Å². The summed E-state index contributed by atoms with van der Waals surface area (Å²) in [6.07, 6.45) is 1.81. The quantitative estimate of drug-likeness (QED) is 0.241. The minimum atomic E-state index is -0.133. The number of nitrogens with one attached hydrogen (secondary N) is 1. The maximum atomic E-state index is 12.3. The van der Waals surface area contributed by atoms with Gasteiger partial charge in [-0.2, -0.15) is 0 Å². The van der Waals surface area contributed by atoms with E-state index in [9.17, 15) is 4.79 Å². The fourth-order valence-corrected chi connectivity index (χ4v) is 4.81. The Morgan fingerprint density at radius 2 is 2.00 bits per heavy atom. The molecule has 0 unspecified atom stereocenters. The second kappa shape index (κ2) is 11.8. The lowest BCUT2D eigenvalue weighted by molar-refractivity contribution is -0.113. The largest absolute Gasteiger partial charge is 0.325 e. The number of rotatable bonds is 10. The molecular formula is C22H22BrClN4OS2. The first-order valence-electron chi connectivity index (χ1n) is 9.50. The number of hydrogen-bond donors (Lipinski definition) is 1. The molecule has 0 saturated heterocycles. The van der Waals surface area contributed by atoms with Crippen LogP contribution in [0.25, 0.3) is 0 Å². The van der Waals surface area contributed by atoms with Gasteiger partial charge in [0, 0.05) is 22.5 Å². The number of aromatic nitrogens is 3. The average Bonchev–Trinajstić information content (AvgIpc) is 3.13. The van der Waals surface area contributed by atoms with Crippen molar-refractivity contribution in [2.75, 3.05) is 11.1 Å². The summed E-state index contributed by atoms with van der Waals surface area (Å²) in [5, 5.41) is 12.7. The Kier molecular flexibility index (Phi) is 9.07. The molecule has 1 amide bonds. The summed E-state index contributed by atoms with van der Waals surface area (Å²) in [5.74, 6) is 2.60. The lowest BCUT2D eigenvalue weighted by Crippen LogP contribution is -2.14. The SMILES string of the molecule is C=CCn1c(CSCc2ccc(C)cc2)nnc1SCC(=O)Nc1ccc(Br)c(Cl)c1. The van der Waals surface area contributed by atoms with E-state index in [-0.39, 0.29) is 11.7 Å². The van der Waals surface area contributed by atoms with Gasteiger partial charge in [-0.1, -0.05) is 59.3 Å². The van der Waals surface area contributed by atoms with E-state index in [0.29, 0.717) is 22.4 Å². The summed E-state index contributed by atoms with van der Waals surface area (Å²) in [6.45, 7) is 6.51. The number of thioether (sulfide) groups is 2. The standard InChI is InChI=1S/C22H22BrClN4OS2/c1-3-10-28-20(13-30-12-16-6-4-15(2)5-7-16)26-27-22(28)31-14-21(29)25-17-8-9-18(23)19(24)11-17/h3-9,11H,1,10,12-14H2,2H3,(H,25,29). The van der Waals surface area contributed by atoms with Gasteiger partial charge in [0.15, 0.2) is 5.16 Å². The summed E-state index contributed by atoms with van der Waals surface area (Å²) in [6, 6.07) is 13.8. The molecular weight excluding hydrogens is 516 g/mol. The number of carbonyl (C=O) groups excluding carboxylic acids is 1. The van der Waals surface area contributed by atoms with Crippen LogP contribution in [0.15, 0.2) is 64.7 Å². The lowest BCUT2D eigenvalue weighted by Gasteiger charge is -2.09. The fourth-order valence-electron chi connectivity index (χ4n) is 2.69. The van der Waals surface area contributed by atoms with Gasteiger partial charge >= 0.3 is 0 Å². The molecule has 0 aliphatic heterocycles. The lowest BCUT2D eigenvalue weighted by atomic mass is 10.2. The molecule has 3 rings (SSSR count). The van der Waals surface area contributed by atoms with Crippen molar-refractivity contribution in [3.63, 3.8) is 0 Å². The molecule has 1 N–H and O–H groups in total. The Hall–Kier alpha value is -1.74. The van der Waals surface area contributed by atoms with Crippen molar-refractivity contribution in [1.29, 1.82) is 0 Å². The van der Waals surface area contributed by atoms with Gasteiger partial charge in [-0.15, -0.1) is 28.5 Å². The highest BCUT2D eigenvalue weighted by molar-refractivity contribution is 9.10. The smallest absolute Gasteiger partial charge is 0.234 e. The molecule has 0 bridgehead atoms. The Balaban J connectivity index is 1.56.